The summed E-state index contributed by atoms with van der Waals surface area (Å²) in [5.41, 5.74) is 1.63. The molecule has 2 aromatic rings. The van der Waals surface area contributed by atoms with E-state index in [1.165, 1.54) is 12.1 Å². The van der Waals surface area contributed by atoms with E-state index >= 15 is 0 Å². The number of rotatable bonds is 2. The summed E-state index contributed by atoms with van der Waals surface area (Å²) in [6, 6.07) is 9.36. The summed E-state index contributed by atoms with van der Waals surface area (Å²) in [6.45, 7) is 1.65. The molecule has 2 rings (SSSR count). The normalized spacial score (nSPS) is 12.5. The lowest BCUT2D eigenvalue weighted by Gasteiger charge is -2.14. The minimum atomic E-state index is -0.894. The number of benzene rings is 2. The predicted molar refractivity (Wildman–Crippen MR) is 71.7 cm³/mol. The third kappa shape index (κ3) is 2.66. The van der Waals surface area contributed by atoms with Gasteiger partial charge in [-0.2, -0.15) is 0 Å². The first-order valence-corrected chi connectivity index (χ1v) is 6.13. The van der Waals surface area contributed by atoms with Crippen LogP contribution in [0.4, 0.5) is 4.39 Å². The lowest BCUT2D eigenvalue weighted by atomic mass is 10.00. The molecule has 0 saturated heterocycles. The number of aryl methyl sites for hydroxylation is 1. The molecule has 0 aliphatic rings. The first-order valence-electron chi connectivity index (χ1n) is 5.38. The Morgan fingerprint density at radius 3 is 2.44 bits per heavy atom. The summed E-state index contributed by atoms with van der Waals surface area (Å²) >= 11 is 11.8. The van der Waals surface area contributed by atoms with Crippen LogP contribution in [0.25, 0.3) is 0 Å². The Morgan fingerprint density at radius 2 is 1.83 bits per heavy atom. The SMILES string of the molecule is Cc1cc(C(O)c2ccc(Cl)cc2Cl)ccc1F. The summed E-state index contributed by atoms with van der Waals surface area (Å²) in [5.74, 6) is -0.298. The Balaban J connectivity index is 2.41. The third-order valence-electron chi connectivity index (χ3n) is 2.75. The molecule has 0 radical (unpaired) electrons. The molecular weight excluding hydrogens is 274 g/mol. The van der Waals surface area contributed by atoms with E-state index in [9.17, 15) is 9.50 Å². The van der Waals surface area contributed by atoms with Gasteiger partial charge in [-0.05, 0) is 36.2 Å². The maximum atomic E-state index is 13.2. The van der Waals surface area contributed by atoms with Crippen LogP contribution in [0.3, 0.4) is 0 Å². The maximum absolute atomic E-state index is 13.2. The smallest absolute Gasteiger partial charge is 0.126 e. The number of hydrogen-bond donors (Lipinski definition) is 1. The Bertz CT molecular complexity index is 584. The van der Waals surface area contributed by atoms with Crippen LogP contribution < -0.4 is 0 Å². The number of halogens is 3. The molecule has 18 heavy (non-hydrogen) atoms. The molecule has 0 amide bonds. The van der Waals surface area contributed by atoms with E-state index in [4.69, 9.17) is 23.2 Å². The van der Waals surface area contributed by atoms with Crippen molar-refractivity contribution < 1.29 is 9.50 Å². The Labute approximate surface area is 115 Å². The fourth-order valence-electron chi connectivity index (χ4n) is 1.74. The van der Waals surface area contributed by atoms with Gasteiger partial charge in [0.2, 0.25) is 0 Å². The van der Waals surface area contributed by atoms with Gasteiger partial charge in [0.05, 0.1) is 0 Å². The summed E-state index contributed by atoms with van der Waals surface area (Å²) in [6.07, 6.45) is -0.894. The summed E-state index contributed by atoms with van der Waals surface area (Å²) in [5, 5.41) is 11.1. The van der Waals surface area contributed by atoms with Crippen molar-refractivity contribution >= 4 is 23.2 Å². The molecule has 0 aliphatic heterocycles. The molecule has 0 aromatic heterocycles. The lowest BCUT2D eigenvalue weighted by Crippen LogP contribution is -2.01. The lowest BCUT2D eigenvalue weighted by molar-refractivity contribution is 0.220. The van der Waals surface area contributed by atoms with Crippen molar-refractivity contribution in [3.63, 3.8) is 0 Å². The van der Waals surface area contributed by atoms with Crippen LogP contribution in [0, 0.1) is 12.7 Å². The van der Waals surface area contributed by atoms with Gasteiger partial charge in [-0.1, -0.05) is 41.4 Å². The minimum absolute atomic E-state index is 0.298. The average Bonchev–Trinajstić information content (AvgIpc) is 2.32. The highest BCUT2D eigenvalue weighted by Gasteiger charge is 2.15. The second kappa shape index (κ2) is 5.27. The van der Waals surface area contributed by atoms with Gasteiger partial charge in [-0.15, -0.1) is 0 Å². The van der Waals surface area contributed by atoms with Gasteiger partial charge in [0, 0.05) is 15.6 Å². The molecule has 1 N–H and O–H groups in total. The van der Waals surface area contributed by atoms with Crippen molar-refractivity contribution in [1.29, 1.82) is 0 Å². The van der Waals surface area contributed by atoms with Crippen molar-refractivity contribution in [3.8, 4) is 0 Å². The molecule has 0 bridgehead atoms. The van der Waals surface area contributed by atoms with E-state index in [0.717, 1.165) is 0 Å². The highest BCUT2D eigenvalue weighted by Crippen LogP contribution is 2.30. The van der Waals surface area contributed by atoms with Crippen molar-refractivity contribution in [1.82, 2.24) is 0 Å². The summed E-state index contributed by atoms with van der Waals surface area (Å²) < 4.78 is 13.2. The highest BCUT2D eigenvalue weighted by atomic mass is 35.5. The largest absolute Gasteiger partial charge is 0.384 e. The van der Waals surface area contributed by atoms with Gasteiger partial charge in [0.15, 0.2) is 0 Å². The highest BCUT2D eigenvalue weighted by molar-refractivity contribution is 6.35. The monoisotopic (exact) mass is 284 g/mol. The van der Waals surface area contributed by atoms with E-state index in [2.05, 4.69) is 0 Å². The molecule has 4 heteroatoms. The zero-order valence-electron chi connectivity index (χ0n) is 9.62. The average molecular weight is 285 g/mol. The molecule has 1 nitrogen and oxygen atoms in total. The quantitative estimate of drug-likeness (QED) is 0.860. The molecule has 94 valence electrons. The van der Waals surface area contributed by atoms with Crippen LogP contribution in [0.15, 0.2) is 36.4 Å². The van der Waals surface area contributed by atoms with Gasteiger partial charge in [-0.25, -0.2) is 4.39 Å². The van der Waals surface area contributed by atoms with Crippen molar-refractivity contribution in [2.24, 2.45) is 0 Å². The van der Waals surface area contributed by atoms with E-state index < -0.39 is 6.10 Å². The maximum Gasteiger partial charge on any atom is 0.126 e. The molecule has 2 aromatic carbocycles. The van der Waals surface area contributed by atoms with E-state index in [1.54, 1.807) is 31.2 Å². The van der Waals surface area contributed by atoms with E-state index in [-0.39, 0.29) is 5.82 Å². The summed E-state index contributed by atoms with van der Waals surface area (Å²) in [4.78, 5) is 0. The molecule has 0 heterocycles. The zero-order chi connectivity index (χ0) is 13.3. The third-order valence-corrected chi connectivity index (χ3v) is 3.32. The molecule has 0 fully saturated rings. The Kier molecular flexibility index (Phi) is 3.91. The molecule has 0 aliphatic carbocycles. The van der Waals surface area contributed by atoms with Crippen molar-refractivity contribution in [2.75, 3.05) is 0 Å². The van der Waals surface area contributed by atoms with Crippen LogP contribution in [-0.4, -0.2) is 5.11 Å². The molecular formula is C14H11Cl2FO. The minimum Gasteiger partial charge on any atom is -0.384 e. The standard InChI is InChI=1S/C14H11Cl2FO/c1-8-6-9(2-5-13(8)17)14(18)11-4-3-10(15)7-12(11)16/h2-7,14,18H,1H3. The molecule has 1 unspecified atom stereocenters. The van der Waals surface area contributed by atoms with Crippen LogP contribution in [0.5, 0.6) is 0 Å². The fraction of sp³-hybridized carbons (Fsp3) is 0.143. The van der Waals surface area contributed by atoms with Crippen molar-refractivity contribution in [3.05, 3.63) is 69.0 Å². The molecule has 0 spiro atoms. The van der Waals surface area contributed by atoms with Gasteiger partial charge >= 0.3 is 0 Å². The van der Waals surface area contributed by atoms with Gasteiger partial charge < -0.3 is 5.11 Å². The van der Waals surface area contributed by atoms with Gasteiger partial charge in [0.25, 0.3) is 0 Å². The first kappa shape index (κ1) is 13.3. The predicted octanol–water partition coefficient (Wildman–Crippen LogP) is 4.52. The van der Waals surface area contributed by atoms with Crippen LogP contribution in [-0.2, 0) is 0 Å². The summed E-state index contributed by atoms with van der Waals surface area (Å²) in [7, 11) is 0. The Hall–Kier alpha value is -1.09. The number of aliphatic hydroxyl groups excluding tert-OH is 1. The second-order valence-electron chi connectivity index (χ2n) is 4.08. The van der Waals surface area contributed by atoms with Crippen LogP contribution in [0.2, 0.25) is 10.0 Å². The number of aliphatic hydroxyl groups is 1. The number of hydrogen-bond acceptors (Lipinski definition) is 1. The van der Waals surface area contributed by atoms with Crippen molar-refractivity contribution in [2.45, 2.75) is 13.0 Å². The molecule has 0 saturated carbocycles. The van der Waals surface area contributed by atoms with Crippen LogP contribution in [0.1, 0.15) is 22.8 Å². The fourth-order valence-corrected chi connectivity index (χ4v) is 2.25. The van der Waals surface area contributed by atoms with E-state index in [1.807, 2.05) is 0 Å². The van der Waals surface area contributed by atoms with E-state index in [0.29, 0.717) is 26.7 Å². The zero-order valence-corrected chi connectivity index (χ0v) is 11.1. The van der Waals surface area contributed by atoms with Crippen LogP contribution >= 0.6 is 23.2 Å². The molecule has 1 atom stereocenters. The second-order valence-corrected chi connectivity index (χ2v) is 4.92. The Morgan fingerprint density at radius 1 is 1.11 bits per heavy atom. The van der Waals surface area contributed by atoms with Gasteiger partial charge in [-0.3, -0.25) is 0 Å². The van der Waals surface area contributed by atoms with Gasteiger partial charge in [0.1, 0.15) is 11.9 Å². The first-order chi connectivity index (χ1) is 8.49. The topological polar surface area (TPSA) is 20.2 Å².